The summed E-state index contributed by atoms with van der Waals surface area (Å²) in [7, 11) is -4.39. The first-order valence-electron chi connectivity index (χ1n) is 9.61. The van der Waals surface area contributed by atoms with Crippen molar-refractivity contribution in [2.24, 2.45) is 5.73 Å². The van der Waals surface area contributed by atoms with E-state index < -0.39 is 16.0 Å². The third-order valence-corrected chi connectivity index (χ3v) is 6.10. The van der Waals surface area contributed by atoms with Crippen LogP contribution in [-0.4, -0.2) is 49.5 Å². The molecule has 2 heterocycles. The van der Waals surface area contributed by atoms with Crippen LogP contribution in [0.4, 0.5) is 0 Å². The Hall–Kier alpha value is -2.72. The topological polar surface area (TPSA) is 126 Å². The quantitative estimate of drug-likeness (QED) is 0.531. The van der Waals surface area contributed by atoms with Crippen LogP contribution < -0.4 is 11.1 Å². The fraction of sp³-hybridized carbons (Fsp3) is 0.286. The molecule has 1 aliphatic rings. The first kappa shape index (κ1) is 20.5. The molecule has 1 atom stereocenters. The molecular weight excluding hydrogens is 406 g/mol. The van der Waals surface area contributed by atoms with Gasteiger partial charge in [0.05, 0.1) is 10.5 Å². The lowest BCUT2D eigenvalue weighted by molar-refractivity contribution is 0.100. The average molecular weight is 429 g/mol. The second kappa shape index (κ2) is 7.84. The third-order valence-electron chi connectivity index (χ3n) is 5.27. The number of carbonyl (C=O) groups excluding carboxylic acids is 1. The Morgan fingerprint density at radius 1 is 1.30 bits per heavy atom. The lowest BCUT2D eigenvalue weighted by Crippen LogP contribution is -2.48. The average Bonchev–Trinajstić information content (AvgIpc) is 3.12. The highest BCUT2D eigenvalue weighted by Crippen LogP contribution is 2.34. The number of nitrogens with two attached hydrogens (primary N) is 1. The van der Waals surface area contributed by atoms with Crippen molar-refractivity contribution in [2.45, 2.75) is 24.4 Å². The summed E-state index contributed by atoms with van der Waals surface area (Å²) in [5.41, 5.74) is 7.49. The van der Waals surface area contributed by atoms with Crippen molar-refractivity contribution >= 4 is 27.0 Å². The first-order chi connectivity index (χ1) is 14.2. The Morgan fingerprint density at radius 3 is 2.77 bits per heavy atom. The molecule has 1 fully saturated rings. The van der Waals surface area contributed by atoms with Crippen LogP contribution in [0.25, 0.3) is 22.3 Å². The van der Waals surface area contributed by atoms with Crippen LogP contribution in [0, 0.1) is 0 Å². The molecule has 1 amide bonds. The number of hydrogen-bond donors (Lipinski definition) is 3. The lowest BCUT2D eigenvalue weighted by Gasteiger charge is -2.31. The molecule has 1 aliphatic heterocycles. The number of nitrogens with one attached hydrogen (secondary N) is 1. The Bertz CT molecular complexity index is 1220. The number of furan rings is 1. The summed E-state index contributed by atoms with van der Waals surface area (Å²) in [5.74, 6) is -0.179. The van der Waals surface area contributed by atoms with Crippen molar-refractivity contribution < 1.29 is 22.2 Å². The maximum absolute atomic E-state index is 11.8. The van der Waals surface area contributed by atoms with E-state index >= 15 is 0 Å². The molecule has 4 rings (SSSR count). The minimum absolute atomic E-state index is 0.191. The van der Waals surface area contributed by atoms with Crippen LogP contribution in [0.3, 0.4) is 0 Å². The molecule has 3 aromatic rings. The predicted molar refractivity (Wildman–Crippen MR) is 113 cm³/mol. The molecule has 0 spiro atoms. The van der Waals surface area contributed by atoms with Gasteiger partial charge in [-0.25, -0.2) is 0 Å². The highest BCUT2D eigenvalue weighted by Gasteiger charge is 2.22. The van der Waals surface area contributed by atoms with Gasteiger partial charge in [-0.2, -0.15) is 8.42 Å². The number of hydrogen-bond acceptors (Lipinski definition) is 6. The number of benzene rings is 2. The van der Waals surface area contributed by atoms with Gasteiger partial charge in [-0.3, -0.25) is 14.2 Å². The number of fused-ring (bicyclic) bond motifs is 1. The van der Waals surface area contributed by atoms with E-state index in [1.54, 1.807) is 30.3 Å². The van der Waals surface area contributed by atoms with E-state index in [1.807, 2.05) is 0 Å². The van der Waals surface area contributed by atoms with Crippen LogP contribution in [0.5, 0.6) is 0 Å². The molecule has 0 saturated carbocycles. The monoisotopic (exact) mass is 429 g/mol. The second-order valence-electron chi connectivity index (χ2n) is 7.59. The van der Waals surface area contributed by atoms with Gasteiger partial charge in [0.15, 0.2) is 0 Å². The Labute approximate surface area is 174 Å². The van der Waals surface area contributed by atoms with Crippen molar-refractivity contribution in [3.63, 3.8) is 0 Å². The van der Waals surface area contributed by atoms with E-state index in [0.717, 1.165) is 19.6 Å². The molecule has 1 saturated heterocycles. The van der Waals surface area contributed by atoms with Crippen LogP contribution in [0.1, 0.15) is 22.8 Å². The minimum Gasteiger partial charge on any atom is -0.456 e. The van der Waals surface area contributed by atoms with Crippen LogP contribution in [0.2, 0.25) is 0 Å². The van der Waals surface area contributed by atoms with Crippen molar-refractivity contribution in [3.05, 3.63) is 53.6 Å². The van der Waals surface area contributed by atoms with E-state index in [0.29, 0.717) is 46.0 Å². The molecule has 9 heteroatoms. The molecule has 0 aliphatic carbocycles. The van der Waals surface area contributed by atoms with Crippen molar-refractivity contribution in [3.8, 4) is 11.3 Å². The summed E-state index contributed by atoms with van der Waals surface area (Å²) in [6.45, 7) is 4.99. The Kier molecular flexibility index (Phi) is 5.37. The van der Waals surface area contributed by atoms with Gasteiger partial charge < -0.3 is 15.5 Å². The molecule has 4 N–H and O–H groups in total. The third kappa shape index (κ3) is 4.10. The number of amides is 1. The summed E-state index contributed by atoms with van der Waals surface area (Å²) in [5, 5.41) is 3.89. The molecule has 0 radical (unpaired) electrons. The van der Waals surface area contributed by atoms with Gasteiger partial charge in [0, 0.05) is 48.7 Å². The SMILES string of the molecule is C[C@@H]1CN(Cc2cc(S(=O)(=O)O)cc3cc(-c4ccccc4C(N)=O)oc23)CCN1. The van der Waals surface area contributed by atoms with Gasteiger partial charge in [0.25, 0.3) is 10.1 Å². The largest absolute Gasteiger partial charge is 0.456 e. The zero-order valence-electron chi connectivity index (χ0n) is 16.5. The Morgan fingerprint density at radius 2 is 2.07 bits per heavy atom. The lowest BCUT2D eigenvalue weighted by atomic mass is 10.0. The normalized spacial score (nSPS) is 18.0. The number of nitrogens with zero attached hydrogens (tertiary/aromatic N) is 1. The minimum atomic E-state index is -4.39. The zero-order valence-corrected chi connectivity index (χ0v) is 17.3. The van der Waals surface area contributed by atoms with Gasteiger partial charge in [0.2, 0.25) is 5.91 Å². The highest BCUT2D eigenvalue weighted by atomic mass is 32.2. The summed E-state index contributed by atoms with van der Waals surface area (Å²) < 4.78 is 39.4. The first-order valence-corrected chi connectivity index (χ1v) is 11.1. The fourth-order valence-corrected chi connectivity index (χ4v) is 4.47. The number of piperazine rings is 1. The van der Waals surface area contributed by atoms with Crippen LogP contribution in [-0.2, 0) is 16.7 Å². The Balaban J connectivity index is 1.85. The van der Waals surface area contributed by atoms with Crippen molar-refractivity contribution in [2.75, 3.05) is 19.6 Å². The molecular formula is C21H23N3O5S. The van der Waals surface area contributed by atoms with Gasteiger partial charge in [-0.15, -0.1) is 0 Å². The van der Waals surface area contributed by atoms with E-state index in [4.69, 9.17) is 10.2 Å². The highest BCUT2D eigenvalue weighted by molar-refractivity contribution is 7.85. The summed E-state index contributed by atoms with van der Waals surface area (Å²) in [6, 6.07) is 11.6. The zero-order chi connectivity index (χ0) is 21.5. The van der Waals surface area contributed by atoms with E-state index in [9.17, 15) is 17.8 Å². The smallest absolute Gasteiger partial charge is 0.294 e. The maximum atomic E-state index is 11.8. The van der Waals surface area contributed by atoms with Crippen LogP contribution >= 0.6 is 0 Å². The molecule has 8 nitrogen and oxygen atoms in total. The van der Waals surface area contributed by atoms with E-state index in [2.05, 4.69) is 17.1 Å². The van der Waals surface area contributed by atoms with Crippen molar-refractivity contribution in [1.29, 1.82) is 0 Å². The summed E-state index contributed by atoms with van der Waals surface area (Å²) in [4.78, 5) is 13.8. The number of primary amides is 1. The van der Waals surface area contributed by atoms with Gasteiger partial charge in [-0.05, 0) is 31.2 Å². The van der Waals surface area contributed by atoms with E-state index in [-0.39, 0.29) is 4.90 Å². The summed E-state index contributed by atoms with van der Waals surface area (Å²) in [6.07, 6.45) is 0. The molecule has 158 valence electrons. The van der Waals surface area contributed by atoms with E-state index in [1.165, 1.54) is 12.1 Å². The standard InChI is InChI=1S/C21H23N3O5S/c1-13-11-24(7-6-23-13)12-15-9-16(30(26,27)28)8-14-10-19(29-20(14)15)17-4-2-3-5-18(17)21(22)25/h2-5,8-10,13,23H,6-7,11-12H2,1H3,(H2,22,25)(H,26,27,28)/t13-/m1/s1. The summed E-state index contributed by atoms with van der Waals surface area (Å²) >= 11 is 0. The predicted octanol–water partition coefficient (Wildman–Crippen LogP) is 2.24. The molecule has 0 bridgehead atoms. The van der Waals surface area contributed by atoms with Gasteiger partial charge in [-0.1, -0.05) is 18.2 Å². The fourth-order valence-electron chi connectivity index (χ4n) is 3.90. The number of carbonyl (C=O) groups is 1. The van der Waals surface area contributed by atoms with Crippen molar-refractivity contribution in [1.82, 2.24) is 10.2 Å². The molecule has 2 aromatic carbocycles. The molecule has 1 aromatic heterocycles. The number of rotatable bonds is 5. The maximum Gasteiger partial charge on any atom is 0.294 e. The van der Waals surface area contributed by atoms with Gasteiger partial charge >= 0.3 is 0 Å². The van der Waals surface area contributed by atoms with Gasteiger partial charge in [0.1, 0.15) is 11.3 Å². The second-order valence-corrected chi connectivity index (χ2v) is 9.01. The molecule has 0 unspecified atom stereocenters. The van der Waals surface area contributed by atoms with Crippen LogP contribution in [0.15, 0.2) is 51.8 Å². The molecule has 30 heavy (non-hydrogen) atoms.